The minimum absolute atomic E-state index is 0.0458. The summed E-state index contributed by atoms with van der Waals surface area (Å²) < 4.78 is 22.2. The lowest BCUT2D eigenvalue weighted by molar-refractivity contribution is 0.482. The number of pyridine rings is 1. The molecule has 0 radical (unpaired) electrons. The highest BCUT2D eigenvalue weighted by atomic mass is 32.2. The van der Waals surface area contributed by atoms with Crippen molar-refractivity contribution in [1.82, 2.24) is 10.3 Å². The van der Waals surface area contributed by atoms with E-state index >= 15 is 0 Å². The number of rotatable bonds is 2. The number of aromatic nitrogens is 1. The molecule has 1 fully saturated rings. The third kappa shape index (κ3) is 2.93. The second kappa shape index (κ2) is 4.59. The summed E-state index contributed by atoms with van der Waals surface area (Å²) in [5.74, 6) is 0.783. The summed E-state index contributed by atoms with van der Waals surface area (Å²) in [6, 6.07) is 3.59. The van der Waals surface area contributed by atoms with E-state index in [0.29, 0.717) is 6.04 Å². The van der Waals surface area contributed by atoms with Crippen LogP contribution in [0.1, 0.15) is 6.92 Å². The van der Waals surface area contributed by atoms with Crippen molar-refractivity contribution in [3.05, 3.63) is 18.3 Å². The van der Waals surface area contributed by atoms with E-state index in [9.17, 15) is 8.42 Å². The van der Waals surface area contributed by atoms with Crippen LogP contribution >= 0.6 is 0 Å². The van der Waals surface area contributed by atoms with Crippen molar-refractivity contribution < 1.29 is 8.42 Å². The molecule has 7 heteroatoms. The predicted octanol–water partition coefficient (Wildman–Crippen LogP) is -0.473. The summed E-state index contributed by atoms with van der Waals surface area (Å²) in [7, 11) is -3.65. The molecule has 1 aromatic heterocycles. The Labute approximate surface area is 101 Å². The maximum absolute atomic E-state index is 11.1. The lowest BCUT2D eigenvalue weighted by Crippen LogP contribution is -2.49. The highest BCUT2D eigenvalue weighted by Gasteiger charge is 2.17. The Balaban J connectivity index is 2.18. The number of nitrogens with one attached hydrogen (secondary N) is 1. The second-order valence-corrected chi connectivity index (χ2v) is 5.76. The molecule has 94 valence electrons. The van der Waals surface area contributed by atoms with Gasteiger partial charge in [-0.1, -0.05) is 0 Å². The summed E-state index contributed by atoms with van der Waals surface area (Å²) in [4.78, 5) is 6.31. The van der Waals surface area contributed by atoms with Crippen LogP contribution in [0.3, 0.4) is 0 Å². The van der Waals surface area contributed by atoms with Gasteiger partial charge in [0.25, 0.3) is 0 Å². The average molecular weight is 256 g/mol. The fraction of sp³-hybridized carbons (Fsp3) is 0.500. The van der Waals surface area contributed by atoms with Crippen molar-refractivity contribution in [3.8, 4) is 0 Å². The molecule has 0 aliphatic carbocycles. The topological polar surface area (TPSA) is 88.3 Å². The SMILES string of the molecule is C[C@@H]1CN(c2ccc(S(N)(=O)=O)cn2)CCN1. The summed E-state index contributed by atoms with van der Waals surface area (Å²) >= 11 is 0. The van der Waals surface area contributed by atoms with Gasteiger partial charge in [0, 0.05) is 31.9 Å². The Morgan fingerprint density at radius 1 is 1.53 bits per heavy atom. The summed E-state index contributed by atoms with van der Waals surface area (Å²) in [5.41, 5.74) is 0. The van der Waals surface area contributed by atoms with E-state index in [2.05, 4.69) is 22.1 Å². The first-order valence-electron chi connectivity index (χ1n) is 5.44. The van der Waals surface area contributed by atoms with Gasteiger partial charge in [-0.3, -0.25) is 0 Å². The molecule has 0 bridgehead atoms. The monoisotopic (exact) mass is 256 g/mol. The van der Waals surface area contributed by atoms with Crippen molar-refractivity contribution in [2.24, 2.45) is 5.14 Å². The zero-order chi connectivity index (χ0) is 12.5. The largest absolute Gasteiger partial charge is 0.354 e. The van der Waals surface area contributed by atoms with Gasteiger partial charge in [-0.05, 0) is 19.1 Å². The van der Waals surface area contributed by atoms with E-state index in [1.54, 1.807) is 6.07 Å². The van der Waals surface area contributed by atoms with Crippen molar-refractivity contribution in [1.29, 1.82) is 0 Å². The van der Waals surface area contributed by atoms with Crippen LogP contribution < -0.4 is 15.4 Å². The van der Waals surface area contributed by atoms with Crippen LogP contribution in [-0.4, -0.2) is 39.1 Å². The fourth-order valence-electron chi connectivity index (χ4n) is 1.87. The minimum atomic E-state index is -3.65. The summed E-state index contributed by atoms with van der Waals surface area (Å²) in [5, 5.41) is 8.35. The number of nitrogens with zero attached hydrogens (tertiary/aromatic N) is 2. The summed E-state index contributed by atoms with van der Waals surface area (Å²) in [6.45, 7) is 4.73. The quantitative estimate of drug-likeness (QED) is 0.746. The third-order valence-electron chi connectivity index (χ3n) is 2.74. The molecule has 3 N–H and O–H groups in total. The Morgan fingerprint density at radius 3 is 2.82 bits per heavy atom. The van der Waals surface area contributed by atoms with E-state index in [4.69, 9.17) is 5.14 Å². The predicted molar refractivity (Wildman–Crippen MR) is 65.3 cm³/mol. The van der Waals surface area contributed by atoms with Crippen molar-refractivity contribution >= 4 is 15.8 Å². The molecule has 1 aromatic rings. The van der Waals surface area contributed by atoms with Crippen LogP contribution in [0.25, 0.3) is 0 Å². The fourth-order valence-corrected chi connectivity index (χ4v) is 2.33. The average Bonchev–Trinajstić information content (AvgIpc) is 2.28. The number of piperazine rings is 1. The molecule has 0 aromatic carbocycles. The minimum Gasteiger partial charge on any atom is -0.354 e. The van der Waals surface area contributed by atoms with E-state index in [-0.39, 0.29) is 4.90 Å². The molecule has 0 saturated carbocycles. The molecule has 2 heterocycles. The Bertz CT molecular complexity index is 486. The van der Waals surface area contributed by atoms with Gasteiger partial charge in [0.05, 0.1) is 0 Å². The van der Waals surface area contributed by atoms with Crippen LogP contribution in [0.4, 0.5) is 5.82 Å². The van der Waals surface area contributed by atoms with Crippen LogP contribution in [0, 0.1) is 0 Å². The van der Waals surface area contributed by atoms with Gasteiger partial charge in [0.15, 0.2) is 0 Å². The molecule has 6 nitrogen and oxygen atoms in total. The standard InChI is InChI=1S/C10H16N4O2S/c1-8-7-14(5-4-12-8)10-3-2-9(6-13-10)17(11,15)16/h2-3,6,8,12H,4-5,7H2,1H3,(H2,11,15,16)/t8-/m1/s1. The first-order valence-corrected chi connectivity index (χ1v) is 6.98. The van der Waals surface area contributed by atoms with Gasteiger partial charge in [-0.2, -0.15) is 0 Å². The van der Waals surface area contributed by atoms with E-state index in [1.165, 1.54) is 12.3 Å². The van der Waals surface area contributed by atoms with Crippen molar-refractivity contribution in [2.45, 2.75) is 17.9 Å². The highest BCUT2D eigenvalue weighted by molar-refractivity contribution is 7.89. The van der Waals surface area contributed by atoms with Crippen LogP contribution in [0.5, 0.6) is 0 Å². The number of anilines is 1. The molecule has 0 spiro atoms. The van der Waals surface area contributed by atoms with Gasteiger partial charge >= 0.3 is 0 Å². The van der Waals surface area contributed by atoms with Crippen LogP contribution in [-0.2, 0) is 10.0 Å². The van der Waals surface area contributed by atoms with Gasteiger partial charge in [0.1, 0.15) is 10.7 Å². The second-order valence-electron chi connectivity index (χ2n) is 4.20. The van der Waals surface area contributed by atoms with Gasteiger partial charge < -0.3 is 10.2 Å². The van der Waals surface area contributed by atoms with E-state index in [0.717, 1.165) is 25.5 Å². The zero-order valence-corrected chi connectivity index (χ0v) is 10.4. The molecule has 17 heavy (non-hydrogen) atoms. The lowest BCUT2D eigenvalue weighted by atomic mass is 10.2. The number of hydrogen-bond acceptors (Lipinski definition) is 5. The van der Waals surface area contributed by atoms with Crippen LogP contribution in [0.2, 0.25) is 0 Å². The smallest absolute Gasteiger partial charge is 0.239 e. The number of nitrogens with two attached hydrogens (primary N) is 1. The normalized spacial score (nSPS) is 21.5. The van der Waals surface area contributed by atoms with Gasteiger partial charge in [-0.25, -0.2) is 18.5 Å². The van der Waals surface area contributed by atoms with Crippen molar-refractivity contribution in [3.63, 3.8) is 0 Å². The van der Waals surface area contributed by atoms with Gasteiger partial charge in [-0.15, -0.1) is 0 Å². The van der Waals surface area contributed by atoms with Gasteiger partial charge in [0.2, 0.25) is 10.0 Å². The first kappa shape index (κ1) is 12.3. The molecule has 1 aliphatic rings. The molecule has 1 atom stereocenters. The number of hydrogen-bond donors (Lipinski definition) is 2. The Morgan fingerprint density at radius 2 is 2.29 bits per heavy atom. The molecule has 2 rings (SSSR count). The zero-order valence-electron chi connectivity index (χ0n) is 9.63. The van der Waals surface area contributed by atoms with E-state index < -0.39 is 10.0 Å². The Hall–Kier alpha value is -1.18. The number of primary sulfonamides is 1. The Kier molecular flexibility index (Phi) is 3.32. The molecule has 0 unspecified atom stereocenters. The maximum atomic E-state index is 11.1. The molecular weight excluding hydrogens is 240 g/mol. The maximum Gasteiger partial charge on any atom is 0.239 e. The lowest BCUT2D eigenvalue weighted by Gasteiger charge is -2.32. The molecule has 1 saturated heterocycles. The molecule has 1 aliphatic heterocycles. The van der Waals surface area contributed by atoms with Crippen molar-refractivity contribution in [2.75, 3.05) is 24.5 Å². The van der Waals surface area contributed by atoms with E-state index in [1.807, 2.05) is 0 Å². The third-order valence-corrected chi connectivity index (χ3v) is 3.64. The summed E-state index contributed by atoms with van der Waals surface area (Å²) in [6.07, 6.45) is 1.30. The molecular formula is C10H16N4O2S. The highest BCUT2D eigenvalue weighted by Crippen LogP contribution is 2.15. The number of sulfonamides is 1. The molecule has 0 amide bonds. The van der Waals surface area contributed by atoms with Crippen LogP contribution in [0.15, 0.2) is 23.2 Å². The first-order chi connectivity index (χ1) is 7.97.